The summed E-state index contributed by atoms with van der Waals surface area (Å²) < 4.78 is 11.2. The number of rotatable bonds is 9. The van der Waals surface area contributed by atoms with Gasteiger partial charge in [0, 0.05) is 18.7 Å². The maximum atomic E-state index is 12.4. The second-order valence-electron chi connectivity index (χ2n) is 6.31. The lowest BCUT2D eigenvalue weighted by atomic mass is 10.1. The Labute approximate surface area is 174 Å². The third-order valence-electron chi connectivity index (χ3n) is 4.20. The molecule has 8 nitrogen and oxygen atoms in total. The van der Waals surface area contributed by atoms with E-state index in [2.05, 4.69) is 9.97 Å². The molecule has 1 heterocycles. The Bertz CT molecular complexity index is 1020. The van der Waals surface area contributed by atoms with Crippen molar-refractivity contribution >= 4 is 18.1 Å². The van der Waals surface area contributed by atoms with Crippen LogP contribution in [0.15, 0.2) is 23.0 Å². The number of methoxy groups -OCH3 is 1. The number of benzene rings is 1. The molecule has 0 atom stereocenters. The molecule has 1 amide bonds. The zero-order valence-corrected chi connectivity index (χ0v) is 17.5. The summed E-state index contributed by atoms with van der Waals surface area (Å²) in [6, 6.07) is 6.79. The third-order valence-corrected chi connectivity index (χ3v) is 4.40. The Balaban J connectivity index is 2.29. The van der Waals surface area contributed by atoms with Crippen LogP contribution in [-0.2, 0) is 4.79 Å². The highest BCUT2D eigenvalue weighted by Gasteiger charge is 2.16. The molecule has 0 aliphatic heterocycles. The highest BCUT2D eigenvalue weighted by molar-refractivity contribution is 7.71. The van der Waals surface area contributed by atoms with Crippen molar-refractivity contribution in [3.63, 3.8) is 0 Å². The van der Waals surface area contributed by atoms with E-state index >= 15 is 0 Å². The number of aromatic amines is 2. The summed E-state index contributed by atoms with van der Waals surface area (Å²) in [6.07, 6.45) is 1.76. The number of H-pyrrole nitrogens is 2. The second-order valence-corrected chi connectivity index (χ2v) is 6.71. The lowest BCUT2D eigenvalue weighted by Crippen LogP contribution is -2.36. The van der Waals surface area contributed by atoms with Gasteiger partial charge in [-0.05, 0) is 43.3 Å². The number of hydrogen-bond donors (Lipinski definition) is 2. The quantitative estimate of drug-likeness (QED) is 0.608. The molecule has 9 heteroatoms. The molecule has 2 rings (SSSR count). The molecule has 154 valence electrons. The summed E-state index contributed by atoms with van der Waals surface area (Å²) in [5.74, 6) is 0.668. The molecule has 0 spiro atoms. The van der Waals surface area contributed by atoms with Crippen LogP contribution in [0.25, 0.3) is 11.3 Å². The standard InChI is InChI=1S/C20H24N4O4S/c1-4-8-24(9-5-2)17(25)12-28-15-7-6-13(10-16(15)27-3)18-14(11-21)19(26)23-20(29)22-18/h6-7,10H,4-5,8-9,12H2,1-3H3,(H2,22,23,26,29). The van der Waals surface area contributed by atoms with Gasteiger partial charge in [-0.15, -0.1) is 0 Å². The first kappa shape index (κ1) is 22.2. The normalized spacial score (nSPS) is 10.3. The Morgan fingerprint density at radius 3 is 2.48 bits per heavy atom. The molecule has 0 unspecified atom stereocenters. The van der Waals surface area contributed by atoms with Gasteiger partial charge in [0.05, 0.1) is 12.8 Å². The molecule has 0 aliphatic rings. The lowest BCUT2D eigenvalue weighted by Gasteiger charge is -2.21. The van der Waals surface area contributed by atoms with Gasteiger partial charge >= 0.3 is 0 Å². The summed E-state index contributed by atoms with van der Waals surface area (Å²) in [7, 11) is 1.47. The molecule has 0 fully saturated rings. The van der Waals surface area contributed by atoms with E-state index in [1.807, 2.05) is 19.9 Å². The van der Waals surface area contributed by atoms with E-state index in [0.29, 0.717) is 35.8 Å². The number of nitrogens with one attached hydrogen (secondary N) is 2. The minimum absolute atomic E-state index is 0.0840. The molecular weight excluding hydrogens is 392 g/mol. The van der Waals surface area contributed by atoms with Gasteiger partial charge in [0.1, 0.15) is 11.6 Å². The van der Waals surface area contributed by atoms with Gasteiger partial charge in [-0.3, -0.25) is 14.6 Å². The Morgan fingerprint density at radius 2 is 1.90 bits per heavy atom. The highest BCUT2D eigenvalue weighted by Crippen LogP contribution is 2.32. The van der Waals surface area contributed by atoms with Crippen LogP contribution in [-0.4, -0.2) is 47.6 Å². The predicted octanol–water partition coefficient (Wildman–Crippen LogP) is 3.01. The fraction of sp³-hybridized carbons (Fsp3) is 0.400. The number of ether oxygens (including phenoxy) is 2. The average molecular weight is 417 g/mol. The van der Waals surface area contributed by atoms with Crippen molar-refractivity contribution in [3.8, 4) is 28.8 Å². The monoisotopic (exact) mass is 416 g/mol. The van der Waals surface area contributed by atoms with Crippen molar-refractivity contribution in [3.05, 3.63) is 38.9 Å². The summed E-state index contributed by atoms with van der Waals surface area (Å²) >= 11 is 5.00. The van der Waals surface area contributed by atoms with Gasteiger partial charge in [-0.1, -0.05) is 13.8 Å². The summed E-state index contributed by atoms with van der Waals surface area (Å²) in [4.78, 5) is 31.4. The molecule has 0 radical (unpaired) electrons. The predicted molar refractivity (Wildman–Crippen MR) is 112 cm³/mol. The summed E-state index contributed by atoms with van der Waals surface area (Å²) in [5.41, 5.74) is 0.175. The molecular formula is C20H24N4O4S. The zero-order chi connectivity index (χ0) is 21.4. The topological polar surface area (TPSA) is 111 Å². The lowest BCUT2D eigenvalue weighted by molar-refractivity contribution is -0.133. The number of amides is 1. The Kier molecular flexibility index (Phi) is 7.98. The van der Waals surface area contributed by atoms with E-state index in [4.69, 9.17) is 21.7 Å². The fourth-order valence-corrected chi connectivity index (χ4v) is 3.08. The first-order chi connectivity index (χ1) is 13.9. The van der Waals surface area contributed by atoms with E-state index in [1.165, 1.54) is 7.11 Å². The molecule has 0 saturated heterocycles. The zero-order valence-electron chi connectivity index (χ0n) is 16.7. The smallest absolute Gasteiger partial charge is 0.270 e. The maximum absolute atomic E-state index is 12.4. The number of hydrogen-bond acceptors (Lipinski definition) is 6. The highest BCUT2D eigenvalue weighted by atomic mass is 32.1. The largest absolute Gasteiger partial charge is 0.493 e. The molecule has 29 heavy (non-hydrogen) atoms. The molecule has 0 saturated carbocycles. The molecule has 1 aromatic heterocycles. The van der Waals surface area contributed by atoms with Crippen LogP contribution in [0.4, 0.5) is 0 Å². The van der Waals surface area contributed by atoms with Crippen LogP contribution in [0.5, 0.6) is 11.5 Å². The van der Waals surface area contributed by atoms with Gasteiger partial charge in [-0.2, -0.15) is 5.26 Å². The number of aromatic nitrogens is 2. The van der Waals surface area contributed by atoms with Gasteiger partial charge in [0.2, 0.25) is 0 Å². The Hall–Kier alpha value is -3.12. The van der Waals surface area contributed by atoms with Crippen molar-refractivity contribution in [1.29, 1.82) is 5.26 Å². The first-order valence-electron chi connectivity index (χ1n) is 9.30. The van der Waals surface area contributed by atoms with Crippen LogP contribution >= 0.6 is 12.2 Å². The third kappa shape index (κ3) is 5.45. The van der Waals surface area contributed by atoms with E-state index in [0.717, 1.165) is 12.8 Å². The molecule has 0 aliphatic carbocycles. The molecule has 1 aromatic carbocycles. The van der Waals surface area contributed by atoms with E-state index < -0.39 is 5.56 Å². The number of nitrogens with zero attached hydrogens (tertiary/aromatic N) is 2. The molecule has 2 N–H and O–H groups in total. The van der Waals surface area contributed by atoms with Crippen LogP contribution in [0.2, 0.25) is 0 Å². The van der Waals surface area contributed by atoms with E-state index in [1.54, 1.807) is 23.1 Å². The van der Waals surface area contributed by atoms with Gasteiger partial charge in [0.25, 0.3) is 11.5 Å². The number of carbonyl (C=O) groups excluding carboxylic acids is 1. The molecule has 2 aromatic rings. The fourth-order valence-electron chi connectivity index (χ4n) is 2.88. The van der Waals surface area contributed by atoms with Gasteiger partial charge < -0.3 is 19.4 Å². The van der Waals surface area contributed by atoms with Crippen LogP contribution in [0.1, 0.15) is 32.3 Å². The SMILES string of the molecule is CCCN(CCC)C(=O)COc1ccc(-c2[nH]c(=S)[nH]c(=O)c2C#N)cc1OC. The minimum Gasteiger partial charge on any atom is -0.493 e. The maximum Gasteiger partial charge on any atom is 0.270 e. The van der Waals surface area contributed by atoms with Crippen molar-refractivity contribution in [2.24, 2.45) is 0 Å². The first-order valence-corrected chi connectivity index (χ1v) is 9.71. The van der Waals surface area contributed by atoms with Crippen LogP contribution in [0, 0.1) is 16.1 Å². The van der Waals surface area contributed by atoms with Gasteiger partial charge in [0.15, 0.2) is 22.9 Å². The van der Waals surface area contributed by atoms with Gasteiger partial charge in [-0.25, -0.2) is 0 Å². The van der Waals surface area contributed by atoms with Crippen molar-refractivity contribution in [1.82, 2.24) is 14.9 Å². The average Bonchev–Trinajstić information content (AvgIpc) is 2.71. The Morgan fingerprint density at radius 1 is 1.21 bits per heavy atom. The minimum atomic E-state index is -0.567. The number of carbonyl (C=O) groups is 1. The van der Waals surface area contributed by atoms with E-state index in [9.17, 15) is 14.9 Å². The van der Waals surface area contributed by atoms with E-state index in [-0.39, 0.29) is 22.8 Å². The van der Waals surface area contributed by atoms with Crippen LogP contribution in [0.3, 0.4) is 0 Å². The second kappa shape index (κ2) is 10.4. The van der Waals surface area contributed by atoms with Crippen molar-refractivity contribution in [2.45, 2.75) is 26.7 Å². The number of nitriles is 1. The summed E-state index contributed by atoms with van der Waals surface area (Å²) in [6.45, 7) is 5.31. The van der Waals surface area contributed by atoms with Crippen molar-refractivity contribution in [2.75, 3.05) is 26.8 Å². The van der Waals surface area contributed by atoms with Crippen LogP contribution < -0.4 is 15.0 Å². The summed E-state index contributed by atoms with van der Waals surface area (Å²) in [5, 5.41) is 9.30. The molecule has 0 bridgehead atoms. The van der Waals surface area contributed by atoms with Crippen molar-refractivity contribution < 1.29 is 14.3 Å².